The molecule has 12 heteroatoms. The van der Waals surface area contributed by atoms with Gasteiger partial charge in [0.1, 0.15) is 6.04 Å². The molecule has 45 heavy (non-hydrogen) atoms. The lowest BCUT2D eigenvalue weighted by Crippen LogP contribution is -2.61. The molecular formula is C33H38F3N3O4S2. The zero-order valence-corrected chi connectivity index (χ0v) is 26.9. The quantitative estimate of drug-likeness (QED) is 0.241. The van der Waals surface area contributed by atoms with Crippen molar-refractivity contribution in [2.45, 2.75) is 55.0 Å². The van der Waals surface area contributed by atoms with Crippen LogP contribution in [0.4, 0.5) is 13.2 Å². The minimum atomic E-state index is -4.73. The zero-order chi connectivity index (χ0) is 33.0. The number of sulfone groups is 1. The third-order valence-corrected chi connectivity index (χ3v) is 10.3. The Labute approximate surface area is 266 Å². The third kappa shape index (κ3) is 7.97. The number of alkyl halides is 3. The van der Waals surface area contributed by atoms with Crippen LogP contribution in [0.3, 0.4) is 0 Å². The number of carbonyl (C=O) groups is 2. The van der Waals surface area contributed by atoms with E-state index in [1.165, 1.54) is 48.2 Å². The Morgan fingerprint density at radius 3 is 2.13 bits per heavy atom. The number of nitrogens with two attached hydrogens (primary N) is 1. The van der Waals surface area contributed by atoms with E-state index in [1.54, 1.807) is 19.1 Å². The Hall–Kier alpha value is -3.19. The Bertz CT molecular complexity index is 1580. The van der Waals surface area contributed by atoms with Gasteiger partial charge in [-0.3, -0.25) is 14.9 Å². The smallest absolute Gasteiger partial charge is 0.352 e. The number of thioether (sulfide) groups is 1. The fourth-order valence-electron chi connectivity index (χ4n) is 5.93. The summed E-state index contributed by atoms with van der Waals surface area (Å²) in [6, 6.07) is 17.7. The van der Waals surface area contributed by atoms with Gasteiger partial charge in [0.15, 0.2) is 15.6 Å². The van der Waals surface area contributed by atoms with Crippen molar-refractivity contribution in [1.29, 1.82) is 0 Å². The average Bonchev–Trinajstić information content (AvgIpc) is 3.22. The van der Waals surface area contributed by atoms with Crippen molar-refractivity contribution in [3.05, 3.63) is 90.0 Å². The first-order valence-electron chi connectivity index (χ1n) is 14.5. The molecule has 0 aliphatic heterocycles. The second kappa shape index (κ2) is 14.1. The molecule has 1 aliphatic rings. The first-order valence-corrected chi connectivity index (χ1v) is 17.8. The molecule has 0 spiro atoms. The highest BCUT2D eigenvalue weighted by Gasteiger charge is 2.57. The van der Waals surface area contributed by atoms with Crippen molar-refractivity contribution < 1.29 is 31.2 Å². The van der Waals surface area contributed by atoms with E-state index in [0.29, 0.717) is 23.3 Å². The van der Waals surface area contributed by atoms with Gasteiger partial charge in [-0.1, -0.05) is 73.7 Å². The molecule has 3 aromatic carbocycles. The highest BCUT2D eigenvalue weighted by atomic mass is 32.2. The van der Waals surface area contributed by atoms with Crippen LogP contribution in [-0.4, -0.2) is 56.1 Å². The number of hydrogen-bond acceptors (Lipinski definition) is 7. The summed E-state index contributed by atoms with van der Waals surface area (Å²) in [5.74, 6) is -1.92. The van der Waals surface area contributed by atoms with Gasteiger partial charge in [-0.05, 0) is 65.2 Å². The molecule has 0 heterocycles. The molecule has 242 valence electrons. The van der Waals surface area contributed by atoms with Crippen LogP contribution >= 0.6 is 11.8 Å². The maximum absolute atomic E-state index is 14.4. The van der Waals surface area contributed by atoms with E-state index >= 15 is 0 Å². The molecule has 0 bridgehead atoms. The SMILES string of the molecule is CSCC[C@@H](C(=O)NCc1ccccc1)C1(N)C(=O)[C@@H](N[C@@H](c2ccc(-c3ccc(S(C)(=O)=O)cc3)cc2)C(F)(F)F)CC1C. The maximum Gasteiger partial charge on any atom is 0.407 e. The Kier molecular flexibility index (Phi) is 10.8. The summed E-state index contributed by atoms with van der Waals surface area (Å²) in [6.45, 7) is 1.95. The molecule has 5 atom stereocenters. The highest BCUT2D eigenvalue weighted by Crippen LogP contribution is 2.41. The predicted molar refractivity (Wildman–Crippen MR) is 171 cm³/mol. The van der Waals surface area contributed by atoms with E-state index in [1.807, 2.05) is 36.6 Å². The minimum absolute atomic E-state index is 0.0500. The van der Waals surface area contributed by atoms with E-state index < -0.39 is 57.2 Å². The van der Waals surface area contributed by atoms with Gasteiger partial charge in [0.2, 0.25) is 5.91 Å². The van der Waals surface area contributed by atoms with E-state index in [4.69, 9.17) is 5.73 Å². The molecule has 4 N–H and O–H groups in total. The Balaban J connectivity index is 1.54. The van der Waals surface area contributed by atoms with Gasteiger partial charge < -0.3 is 11.1 Å². The molecule has 1 aliphatic carbocycles. The summed E-state index contributed by atoms with van der Waals surface area (Å²) in [4.78, 5) is 27.5. The second-order valence-electron chi connectivity index (χ2n) is 11.6. The molecule has 2 unspecified atom stereocenters. The number of ketones is 1. The topological polar surface area (TPSA) is 118 Å². The first-order chi connectivity index (χ1) is 21.2. The van der Waals surface area contributed by atoms with Gasteiger partial charge in [0.05, 0.1) is 22.4 Å². The number of amides is 1. The second-order valence-corrected chi connectivity index (χ2v) is 14.6. The normalized spacial score (nSPS) is 21.8. The van der Waals surface area contributed by atoms with Crippen molar-refractivity contribution in [3.8, 4) is 11.1 Å². The fraction of sp³-hybridized carbons (Fsp3) is 0.394. The van der Waals surface area contributed by atoms with E-state index in [0.717, 1.165) is 11.8 Å². The average molecular weight is 662 g/mol. The van der Waals surface area contributed by atoms with Crippen molar-refractivity contribution in [2.24, 2.45) is 17.6 Å². The van der Waals surface area contributed by atoms with Gasteiger partial charge in [-0.25, -0.2) is 8.42 Å². The maximum atomic E-state index is 14.4. The number of carbonyl (C=O) groups excluding carboxylic acids is 2. The molecule has 0 saturated heterocycles. The summed E-state index contributed by atoms with van der Waals surface area (Å²) in [5, 5.41) is 5.42. The van der Waals surface area contributed by atoms with Crippen LogP contribution in [0.5, 0.6) is 0 Å². The Morgan fingerprint density at radius 1 is 1.02 bits per heavy atom. The van der Waals surface area contributed by atoms with Gasteiger partial charge in [0.25, 0.3) is 0 Å². The van der Waals surface area contributed by atoms with Crippen LogP contribution in [0, 0.1) is 11.8 Å². The summed E-state index contributed by atoms with van der Waals surface area (Å²) >= 11 is 1.50. The van der Waals surface area contributed by atoms with Gasteiger partial charge in [-0.15, -0.1) is 0 Å². The van der Waals surface area contributed by atoms with Crippen LogP contribution in [0.25, 0.3) is 11.1 Å². The number of Topliss-reactive ketones (excluding diaryl/α,β-unsaturated/α-hetero) is 1. The van der Waals surface area contributed by atoms with Crippen molar-refractivity contribution >= 4 is 33.3 Å². The largest absolute Gasteiger partial charge is 0.407 e. The fourth-order valence-corrected chi connectivity index (χ4v) is 7.04. The van der Waals surface area contributed by atoms with Crippen LogP contribution in [0.15, 0.2) is 83.8 Å². The molecule has 1 fully saturated rings. The summed E-state index contributed by atoms with van der Waals surface area (Å²) < 4.78 is 66.8. The first kappa shape index (κ1) is 34.7. The molecule has 3 aromatic rings. The van der Waals surface area contributed by atoms with E-state index in [9.17, 15) is 31.2 Å². The van der Waals surface area contributed by atoms with Gasteiger partial charge in [0, 0.05) is 12.8 Å². The number of nitrogens with one attached hydrogen (secondary N) is 2. The highest BCUT2D eigenvalue weighted by molar-refractivity contribution is 7.98. The standard InChI is InChI=1S/C33H38F3N3O4S2/c1-21-19-28(30(40)32(21,37)27(17-18-44-2)31(41)38-20-22-7-5-4-6-8-22)39-29(33(34,35)36)25-11-9-23(10-12-25)24-13-15-26(16-14-24)45(3,42)43/h4-16,21,27-29,39H,17-20,37H2,1-3H3,(H,38,41)/t21?,27-,28-,29-,32?/m0/s1. The molecular weight excluding hydrogens is 624 g/mol. The zero-order valence-electron chi connectivity index (χ0n) is 25.3. The lowest BCUT2D eigenvalue weighted by molar-refractivity contribution is -0.160. The summed E-state index contributed by atoms with van der Waals surface area (Å²) in [5.41, 5.74) is 7.13. The lowest BCUT2D eigenvalue weighted by atomic mass is 9.74. The van der Waals surface area contributed by atoms with Gasteiger partial charge in [-0.2, -0.15) is 24.9 Å². The number of hydrogen-bond donors (Lipinski definition) is 3. The third-order valence-electron chi connectivity index (χ3n) is 8.52. The Morgan fingerprint density at radius 2 is 1.60 bits per heavy atom. The molecule has 0 aromatic heterocycles. The van der Waals surface area contributed by atoms with Crippen molar-refractivity contribution in [3.63, 3.8) is 0 Å². The lowest BCUT2D eigenvalue weighted by Gasteiger charge is -2.35. The van der Waals surface area contributed by atoms with Crippen LogP contribution in [0.2, 0.25) is 0 Å². The molecule has 4 rings (SSSR count). The molecule has 7 nitrogen and oxygen atoms in total. The predicted octanol–water partition coefficient (Wildman–Crippen LogP) is 5.31. The number of halogens is 3. The van der Waals surface area contributed by atoms with Crippen LogP contribution in [0.1, 0.15) is 36.9 Å². The molecule has 1 saturated carbocycles. The molecule has 1 amide bonds. The summed E-state index contributed by atoms with van der Waals surface area (Å²) in [6.07, 6.45) is -1.41. The van der Waals surface area contributed by atoms with E-state index in [-0.39, 0.29) is 23.4 Å². The molecule has 0 radical (unpaired) electrons. The van der Waals surface area contributed by atoms with Crippen LogP contribution < -0.4 is 16.4 Å². The summed E-state index contributed by atoms with van der Waals surface area (Å²) in [7, 11) is -3.39. The van der Waals surface area contributed by atoms with E-state index in [2.05, 4.69) is 10.6 Å². The van der Waals surface area contributed by atoms with Gasteiger partial charge >= 0.3 is 6.18 Å². The van der Waals surface area contributed by atoms with Crippen LogP contribution in [-0.2, 0) is 26.0 Å². The monoisotopic (exact) mass is 661 g/mol. The van der Waals surface area contributed by atoms with Crippen molar-refractivity contribution in [1.82, 2.24) is 10.6 Å². The number of benzene rings is 3. The number of rotatable bonds is 12. The minimum Gasteiger partial charge on any atom is -0.352 e. The van der Waals surface area contributed by atoms with Crippen molar-refractivity contribution in [2.75, 3.05) is 18.3 Å².